The first-order valence-electron chi connectivity index (χ1n) is 7.70. The molecule has 5 heteroatoms. The Kier molecular flexibility index (Phi) is 4.75. The summed E-state index contributed by atoms with van der Waals surface area (Å²) < 4.78 is 20.4. The number of likely N-dealkylation sites (tertiary alicyclic amines) is 1. The zero-order chi connectivity index (χ0) is 16.4. The monoisotopic (exact) mass is 308 g/mol. The molecule has 0 aliphatic carbocycles. The van der Waals surface area contributed by atoms with Gasteiger partial charge in [-0.3, -0.25) is 0 Å². The van der Waals surface area contributed by atoms with Gasteiger partial charge in [0.2, 0.25) is 0 Å². The average Bonchev–Trinajstić information content (AvgIpc) is 2.46. The van der Waals surface area contributed by atoms with Gasteiger partial charge in [-0.1, -0.05) is 24.3 Å². The number of hydrogen-bond donors (Lipinski definition) is 1. The van der Waals surface area contributed by atoms with Crippen LogP contribution in [0.5, 0.6) is 0 Å². The molecule has 1 aromatic rings. The minimum atomic E-state index is -1.38. The molecule has 0 spiro atoms. The molecule has 1 aliphatic heterocycles. The largest absolute Gasteiger partial charge is 0.444 e. The normalized spacial score (nSPS) is 18.1. The van der Waals surface area contributed by atoms with Crippen molar-refractivity contribution in [3.63, 3.8) is 0 Å². The van der Waals surface area contributed by atoms with Crippen LogP contribution in [0.2, 0.25) is 0 Å². The molecule has 1 heterocycles. The Hall–Kier alpha value is -1.62. The lowest BCUT2D eigenvalue weighted by Gasteiger charge is -2.37. The Morgan fingerprint density at radius 1 is 1.27 bits per heavy atom. The molecule has 2 N–H and O–H groups in total. The Morgan fingerprint density at radius 2 is 1.82 bits per heavy atom. The highest BCUT2D eigenvalue weighted by Crippen LogP contribution is 2.37. The van der Waals surface area contributed by atoms with Crippen LogP contribution < -0.4 is 5.73 Å². The highest BCUT2D eigenvalue weighted by molar-refractivity contribution is 5.68. The predicted octanol–water partition coefficient (Wildman–Crippen LogP) is 3.34. The van der Waals surface area contributed by atoms with Crippen molar-refractivity contribution in [2.24, 2.45) is 5.73 Å². The van der Waals surface area contributed by atoms with Crippen molar-refractivity contribution in [2.45, 2.75) is 51.4 Å². The van der Waals surface area contributed by atoms with Gasteiger partial charge in [0.05, 0.1) is 0 Å². The third-order valence-electron chi connectivity index (χ3n) is 3.91. The Bertz CT molecular complexity index is 514. The Labute approximate surface area is 131 Å². The molecule has 4 nitrogen and oxygen atoms in total. The number of hydrogen-bond acceptors (Lipinski definition) is 3. The fourth-order valence-corrected chi connectivity index (χ4v) is 2.60. The number of nitrogens with two attached hydrogens (primary N) is 1. The summed E-state index contributed by atoms with van der Waals surface area (Å²) in [5.41, 5.74) is 5.30. The molecule has 0 radical (unpaired) electrons. The summed E-state index contributed by atoms with van der Waals surface area (Å²) in [7, 11) is 0. The molecule has 1 aromatic carbocycles. The lowest BCUT2D eigenvalue weighted by atomic mass is 9.86. The first-order chi connectivity index (χ1) is 10.2. The molecule has 0 saturated carbocycles. The van der Waals surface area contributed by atoms with Crippen molar-refractivity contribution in [3.8, 4) is 0 Å². The number of rotatable bonds is 2. The summed E-state index contributed by atoms with van der Waals surface area (Å²) in [5, 5.41) is 0. The van der Waals surface area contributed by atoms with E-state index in [1.165, 1.54) is 0 Å². The van der Waals surface area contributed by atoms with Crippen molar-refractivity contribution < 1.29 is 13.9 Å². The fraction of sp³-hybridized carbons (Fsp3) is 0.588. The maximum atomic E-state index is 15.1. The maximum absolute atomic E-state index is 15.1. The van der Waals surface area contributed by atoms with E-state index in [4.69, 9.17) is 10.5 Å². The quantitative estimate of drug-likeness (QED) is 0.911. The molecular weight excluding hydrogens is 283 g/mol. The SMILES string of the molecule is CC(C)(C)OC(=O)N1CCC(F)(c2ccc(CN)cc2)CC1. The van der Waals surface area contributed by atoms with Crippen molar-refractivity contribution in [2.75, 3.05) is 13.1 Å². The van der Waals surface area contributed by atoms with Crippen molar-refractivity contribution in [1.29, 1.82) is 0 Å². The molecular formula is C17H25FN2O2. The van der Waals surface area contributed by atoms with E-state index in [0.29, 0.717) is 25.2 Å². The Balaban J connectivity index is 1.99. The van der Waals surface area contributed by atoms with Crippen LogP contribution in [0.3, 0.4) is 0 Å². The van der Waals surface area contributed by atoms with E-state index >= 15 is 4.39 Å². The molecule has 0 atom stereocenters. The number of piperidine rings is 1. The zero-order valence-electron chi connectivity index (χ0n) is 13.6. The van der Waals surface area contributed by atoms with Gasteiger partial charge < -0.3 is 15.4 Å². The van der Waals surface area contributed by atoms with Crippen molar-refractivity contribution in [3.05, 3.63) is 35.4 Å². The van der Waals surface area contributed by atoms with Gasteiger partial charge in [-0.2, -0.15) is 0 Å². The Morgan fingerprint density at radius 3 is 2.27 bits per heavy atom. The fourth-order valence-electron chi connectivity index (χ4n) is 2.60. The van der Waals surface area contributed by atoms with Gasteiger partial charge in [-0.25, -0.2) is 9.18 Å². The van der Waals surface area contributed by atoms with Crippen LogP contribution >= 0.6 is 0 Å². The van der Waals surface area contributed by atoms with Crippen LogP contribution in [0.1, 0.15) is 44.7 Å². The maximum Gasteiger partial charge on any atom is 0.410 e. The second-order valence-corrected chi connectivity index (χ2v) is 6.83. The van der Waals surface area contributed by atoms with E-state index in [0.717, 1.165) is 5.56 Å². The lowest BCUT2D eigenvalue weighted by molar-refractivity contribution is 0.00220. The van der Waals surface area contributed by atoms with Crippen LogP contribution in [-0.4, -0.2) is 29.7 Å². The highest BCUT2D eigenvalue weighted by atomic mass is 19.1. The van der Waals surface area contributed by atoms with Crippen LogP contribution in [0, 0.1) is 0 Å². The molecule has 122 valence electrons. The van der Waals surface area contributed by atoms with Crippen LogP contribution in [0.4, 0.5) is 9.18 Å². The number of amides is 1. The summed E-state index contributed by atoms with van der Waals surface area (Å²) in [4.78, 5) is 13.6. The first-order valence-corrected chi connectivity index (χ1v) is 7.70. The number of alkyl halides is 1. The topological polar surface area (TPSA) is 55.6 Å². The van der Waals surface area contributed by atoms with Crippen molar-refractivity contribution >= 4 is 6.09 Å². The van der Waals surface area contributed by atoms with E-state index in [1.807, 2.05) is 32.9 Å². The van der Waals surface area contributed by atoms with E-state index in [9.17, 15) is 4.79 Å². The lowest BCUT2D eigenvalue weighted by Crippen LogP contribution is -2.45. The zero-order valence-corrected chi connectivity index (χ0v) is 13.6. The van der Waals surface area contributed by atoms with E-state index in [2.05, 4.69) is 0 Å². The second kappa shape index (κ2) is 6.24. The molecule has 2 rings (SSSR count). The third kappa shape index (κ3) is 3.97. The standard InChI is InChI=1S/C17H25FN2O2/c1-16(2,3)22-15(21)20-10-8-17(18,9-11-20)14-6-4-13(12-19)5-7-14/h4-7H,8-12,19H2,1-3H3. The summed E-state index contributed by atoms with van der Waals surface area (Å²) in [6, 6.07) is 7.31. The minimum Gasteiger partial charge on any atom is -0.444 e. The smallest absolute Gasteiger partial charge is 0.410 e. The number of nitrogens with zero attached hydrogens (tertiary/aromatic N) is 1. The highest BCUT2D eigenvalue weighted by Gasteiger charge is 2.38. The number of carbonyl (C=O) groups excluding carboxylic acids is 1. The second-order valence-electron chi connectivity index (χ2n) is 6.83. The van der Waals surface area contributed by atoms with Gasteiger partial charge in [-0.15, -0.1) is 0 Å². The number of ether oxygens (including phenoxy) is 1. The summed E-state index contributed by atoms with van der Waals surface area (Å²) in [6.45, 7) is 6.66. The van der Waals surface area contributed by atoms with E-state index in [1.54, 1.807) is 17.0 Å². The van der Waals surface area contributed by atoms with Gasteiger partial charge in [0.1, 0.15) is 11.3 Å². The number of carbonyl (C=O) groups is 1. The average molecular weight is 308 g/mol. The molecule has 1 saturated heterocycles. The van der Waals surface area contributed by atoms with E-state index < -0.39 is 11.3 Å². The molecule has 0 bridgehead atoms. The predicted molar refractivity (Wildman–Crippen MR) is 84.2 cm³/mol. The third-order valence-corrected chi connectivity index (χ3v) is 3.91. The van der Waals surface area contributed by atoms with Gasteiger partial charge >= 0.3 is 6.09 Å². The van der Waals surface area contributed by atoms with Crippen molar-refractivity contribution in [1.82, 2.24) is 4.90 Å². The van der Waals surface area contributed by atoms with E-state index in [-0.39, 0.29) is 18.9 Å². The molecule has 0 unspecified atom stereocenters. The van der Waals surface area contributed by atoms with Gasteiger partial charge in [0.25, 0.3) is 0 Å². The first kappa shape index (κ1) is 16.7. The van der Waals surface area contributed by atoms with Gasteiger partial charge in [0, 0.05) is 32.5 Å². The molecule has 22 heavy (non-hydrogen) atoms. The van der Waals surface area contributed by atoms with Crippen LogP contribution in [0.15, 0.2) is 24.3 Å². The molecule has 0 aromatic heterocycles. The number of halogens is 1. The van der Waals surface area contributed by atoms with Crippen LogP contribution in [-0.2, 0) is 17.0 Å². The summed E-state index contributed by atoms with van der Waals surface area (Å²) in [5.74, 6) is 0. The molecule has 1 fully saturated rings. The summed E-state index contributed by atoms with van der Waals surface area (Å²) in [6.07, 6.45) is 0.204. The minimum absolute atomic E-state index is 0.286. The van der Waals surface area contributed by atoms with Gasteiger partial charge in [0.15, 0.2) is 0 Å². The van der Waals surface area contributed by atoms with Crippen LogP contribution in [0.25, 0.3) is 0 Å². The van der Waals surface area contributed by atoms with Gasteiger partial charge in [-0.05, 0) is 31.9 Å². The summed E-state index contributed by atoms with van der Waals surface area (Å²) >= 11 is 0. The number of benzene rings is 1. The molecule has 1 aliphatic rings. The molecule has 1 amide bonds.